The number of hydrogen-bond acceptors (Lipinski definition) is 12. The summed E-state index contributed by atoms with van der Waals surface area (Å²) in [4.78, 5) is 68.1. The molecule has 54 heavy (non-hydrogen) atoms. The Labute approximate surface area is 305 Å². The number of alkyl halides is 2. The summed E-state index contributed by atoms with van der Waals surface area (Å²) in [6.45, 7) is 3.57. The number of esters is 1. The minimum Gasteiger partial charge on any atom is -0.462 e. The van der Waals surface area contributed by atoms with E-state index < -0.39 is 74.2 Å². The maximum absolute atomic E-state index is 15.4. The first-order chi connectivity index (χ1) is 25.6. The maximum atomic E-state index is 15.4. The average Bonchev–Trinajstić information content (AvgIpc) is 3.36. The Morgan fingerprint density at radius 3 is 2.22 bits per heavy atom. The van der Waals surface area contributed by atoms with Crippen LogP contribution in [0, 0.1) is 0 Å². The second-order valence-corrected chi connectivity index (χ2v) is 14.3. The van der Waals surface area contributed by atoms with Gasteiger partial charge in [0.2, 0.25) is 6.23 Å². The van der Waals surface area contributed by atoms with Gasteiger partial charge in [-0.25, -0.2) is 9.36 Å². The minimum atomic E-state index is -4.53. The Balaban J connectivity index is 1.15. The van der Waals surface area contributed by atoms with Crippen LogP contribution >= 0.6 is 7.75 Å². The number of carbonyl (C=O) groups excluding carboxylic acids is 4. The summed E-state index contributed by atoms with van der Waals surface area (Å²) in [6, 6.07) is 17.6. The Kier molecular flexibility index (Phi) is 10.7. The Morgan fingerprint density at radius 2 is 1.57 bits per heavy atom. The number of ketones is 2. The third-order valence-corrected chi connectivity index (χ3v) is 9.97. The predicted octanol–water partition coefficient (Wildman–Crippen LogP) is 4.30. The van der Waals surface area contributed by atoms with Crippen molar-refractivity contribution in [2.24, 2.45) is 0 Å². The summed E-state index contributed by atoms with van der Waals surface area (Å²) >= 11 is 0. The highest BCUT2D eigenvalue weighted by Gasteiger charge is 2.60. The number of para-hydroxylation sites is 1. The van der Waals surface area contributed by atoms with Gasteiger partial charge in [-0.1, -0.05) is 42.5 Å². The lowest BCUT2D eigenvalue weighted by atomic mass is 9.83. The number of aliphatic hydroxyl groups excluding tert-OH is 1. The molecule has 0 saturated carbocycles. The van der Waals surface area contributed by atoms with Crippen LogP contribution in [0.3, 0.4) is 0 Å². The van der Waals surface area contributed by atoms with E-state index in [1.165, 1.54) is 49.4 Å². The number of benzene rings is 3. The highest BCUT2D eigenvalue weighted by Crippen LogP contribution is 2.48. The second-order valence-electron chi connectivity index (χ2n) is 12.6. The zero-order chi connectivity index (χ0) is 38.9. The topological polar surface area (TPSA) is 201 Å². The lowest BCUT2D eigenvalue weighted by Crippen LogP contribution is -2.42. The molecule has 3 N–H and O–H groups in total. The molecule has 282 valence electrons. The van der Waals surface area contributed by atoms with Crippen molar-refractivity contribution in [3.63, 3.8) is 0 Å². The highest BCUT2D eigenvalue weighted by atomic mass is 31.2. The van der Waals surface area contributed by atoms with E-state index in [1.807, 2.05) is 0 Å². The van der Waals surface area contributed by atoms with E-state index in [0.29, 0.717) is 4.57 Å². The zero-order valence-corrected chi connectivity index (χ0v) is 29.7. The number of nitrogens with one attached hydrogen (secondary N) is 2. The van der Waals surface area contributed by atoms with Gasteiger partial charge in [0, 0.05) is 34.0 Å². The van der Waals surface area contributed by atoms with Gasteiger partial charge in [0.25, 0.3) is 5.91 Å². The van der Waals surface area contributed by atoms with Crippen LogP contribution in [0.1, 0.15) is 69.2 Å². The van der Waals surface area contributed by atoms with Crippen LogP contribution in [0.5, 0.6) is 5.75 Å². The molecule has 2 heterocycles. The fourth-order valence-electron chi connectivity index (χ4n) is 5.70. The lowest BCUT2D eigenvalue weighted by Gasteiger charge is -2.25. The van der Waals surface area contributed by atoms with Gasteiger partial charge in [-0.2, -0.15) is 18.9 Å². The van der Waals surface area contributed by atoms with Gasteiger partial charge in [-0.3, -0.25) is 28.3 Å². The SMILES string of the molecule is CC(C)OC(=O)[C@H](C)N[P@](=O)(OC[C@H]1OC(n2ccc(NC(=O)c3ccc4c(c3)C(=O)c3ccccc3C4=O)nc2=O)C(F)(F)[C@@H]1O)Oc1ccccc1. The second kappa shape index (κ2) is 15.1. The van der Waals surface area contributed by atoms with E-state index in [4.69, 9.17) is 18.5 Å². The van der Waals surface area contributed by atoms with Gasteiger partial charge in [0.05, 0.1) is 12.7 Å². The third kappa shape index (κ3) is 7.76. The van der Waals surface area contributed by atoms with Crippen molar-refractivity contribution in [1.82, 2.24) is 14.6 Å². The van der Waals surface area contributed by atoms with Crippen molar-refractivity contribution in [1.29, 1.82) is 0 Å². The number of ether oxygens (including phenoxy) is 2. The molecule has 6 rings (SSSR count). The molecule has 1 fully saturated rings. The Morgan fingerprint density at radius 1 is 0.944 bits per heavy atom. The van der Waals surface area contributed by atoms with Gasteiger partial charge < -0.3 is 24.4 Å². The van der Waals surface area contributed by atoms with E-state index >= 15 is 8.78 Å². The summed E-state index contributed by atoms with van der Waals surface area (Å²) in [5.74, 6) is -6.87. The van der Waals surface area contributed by atoms with E-state index in [0.717, 1.165) is 12.3 Å². The quantitative estimate of drug-likeness (QED) is 0.120. The molecule has 3 aromatic carbocycles. The number of halogens is 2. The van der Waals surface area contributed by atoms with Gasteiger partial charge in [0.15, 0.2) is 17.7 Å². The molecule has 1 aliphatic carbocycles. The molecular weight excluding hydrogens is 733 g/mol. The molecule has 1 unspecified atom stereocenters. The molecule has 1 aromatic heterocycles. The number of nitrogens with zero attached hydrogens (tertiary/aromatic N) is 2. The largest absolute Gasteiger partial charge is 0.462 e. The van der Waals surface area contributed by atoms with Crippen LogP contribution in [0.25, 0.3) is 0 Å². The van der Waals surface area contributed by atoms with E-state index in [1.54, 1.807) is 44.2 Å². The first kappa shape index (κ1) is 38.3. The van der Waals surface area contributed by atoms with Gasteiger partial charge in [-0.05, 0) is 57.2 Å². The van der Waals surface area contributed by atoms with Crippen molar-refractivity contribution in [2.75, 3.05) is 11.9 Å². The summed E-state index contributed by atoms with van der Waals surface area (Å²) in [7, 11) is -4.53. The number of fused-ring (bicyclic) bond motifs is 2. The number of hydrogen-bond donors (Lipinski definition) is 3. The average molecular weight is 767 g/mol. The summed E-state index contributed by atoms with van der Waals surface area (Å²) in [5, 5.41) is 15.3. The molecule has 18 heteroatoms. The van der Waals surface area contributed by atoms with Crippen LogP contribution in [0.2, 0.25) is 0 Å². The highest BCUT2D eigenvalue weighted by molar-refractivity contribution is 7.52. The van der Waals surface area contributed by atoms with Crippen molar-refractivity contribution in [3.05, 3.63) is 123 Å². The molecular formula is C36H33F2N4O11P. The van der Waals surface area contributed by atoms with Crippen LogP contribution in [-0.2, 0) is 23.4 Å². The summed E-state index contributed by atoms with van der Waals surface area (Å²) in [5.41, 5.74) is -0.799. The van der Waals surface area contributed by atoms with E-state index in [2.05, 4.69) is 15.4 Å². The lowest BCUT2D eigenvalue weighted by molar-refractivity contribution is -0.149. The molecule has 1 saturated heterocycles. The predicted molar refractivity (Wildman–Crippen MR) is 186 cm³/mol. The van der Waals surface area contributed by atoms with Gasteiger partial charge in [0.1, 0.15) is 23.7 Å². The monoisotopic (exact) mass is 766 g/mol. The zero-order valence-electron chi connectivity index (χ0n) is 28.8. The summed E-state index contributed by atoms with van der Waals surface area (Å²) < 4.78 is 66.4. The van der Waals surface area contributed by atoms with Crippen molar-refractivity contribution >= 4 is 37.0 Å². The van der Waals surface area contributed by atoms with Gasteiger partial charge >= 0.3 is 25.3 Å². The third-order valence-electron chi connectivity index (χ3n) is 8.33. The van der Waals surface area contributed by atoms with Crippen LogP contribution in [0.4, 0.5) is 14.6 Å². The van der Waals surface area contributed by atoms with Crippen LogP contribution in [0.15, 0.2) is 89.9 Å². The molecule has 15 nitrogen and oxygen atoms in total. The summed E-state index contributed by atoms with van der Waals surface area (Å²) in [6.07, 6.45) is -6.50. The normalized spacial score (nSPS) is 20.4. The van der Waals surface area contributed by atoms with Crippen LogP contribution in [-0.4, -0.2) is 75.0 Å². The first-order valence-corrected chi connectivity index (χ1v) is 18.0. The van der Waals surface area contributed by atoms with Crippen molar-refractivity contribution < 1.29 is 56.2 Å². The number of carbonyl (C=O) groups is 4. The van der Waals surface area contributed by atoms with E-state index in [9.17, 15) is 33.6 Å². The number of anilines is 1. The number of aromatic nitrogens is 2. The first-order valence-electron chi connectivity index (χ1n) is 16.5. The van der Waals surface area contributed by atoms with Crippen molar-refractivity contribution in [3.8, 4) is 5.75 Å². The van der Waals surface area contributed by atoms with Gasteiger partial charge in [-0.15, -0.1) is 0 Å². The Bertz CT molecular complexity index is 2230. The number of amides is 1. The number of aliphatic hydroxyl groups is 1. The number of rotatable bonds is 12. The fourth-order valence-corrected chi connectivity index (χ4v) is 7.20. The molecule has 0 radical (unpaired) electrons. The Hall–Kier alpha value is -5.45. The van der Waals surface area contributed by atoms with Crippen LogP contribution < -0.4 is 20.6 Å². The fraction of sp³-hybridized carbons (Fsp3) is 0.278. The molecule has 0 spiro atoms. The molecule has 1 aliphatic heterocycles. The van der Waals surface area contributed by atoms with E-state index in [-0.39, 0.29) is 45.2 Å². The van der Waals surface area contributed by atoms with Crippen molar-refractivity contribution in [2.45, 2.75) is 57.3 Å². The molecule has 0 bridgehead atoms. The molecule has 4 aromatic rings. The standard InChI is InChI=1S/C36H33F2N4O11P/c1-19(2)51-33(47)20(3)41-54(49,53-22-9-5-4-6-10-22)50-18-27-31(45)36(37,38)34(52-27)42-16-15-28(40-35(42)48)39-32(46)21-13-14-25-26(17-21)30(44)24-12-8-7-11-23(24)29(25)43/h4-17,19-20,27,31,34,45H,18H2,1-3H3,(H,41,49)(H,39,40,46,48)/t20-,27+,31+,34?,54-/m0/s1. The maximum Gasteiger partial charge on any atom is 0.459 e. The molecule has 1 amide bonds. The smallest absolute Gasteiger partial charge is 0.459 e. The molecule has 2 aliphatic rings. The molecule has 5 atom stereocenters. The minimum absolute atomic E-state index is 0.00865.